The van der Waals surface area contributed by atoms with Crippen molar-refractivity contribution >= 4 is 23.4 Å². The van der Waals surface area contributed by atoms with Crippen LogP contribution < -0.4 is 5.73 Å². The van der Waals surface area contributed by atoms with Crippen molar-refractivity contribution in [2.45, 2.75) is 9.79 Å². The summed E-state index contributed by atoms with van der Waals surface area (Å²) in [4.78, 5) is 12.0. The Kier molecular flexibility index (Phi) is 3.71. The molecule has 0 aromatic heterocycles. The van der Waals surface area contributed by atoms with Crippen molar-refractivity contribution in [3.8, 4) is 0 Å². The zero-order valence-corrected chi connectivity index (χ0v) is 10.4. The van der Waals surface area contributed by atoms with Gasteiger partial charge in [0, 0.05) is 15.5 Å². The molecule has 3 nitrogen and oxygen atoms in total. The third-order valence-electron chi connectivity index (χ3n) is 2.38. The van der Waals surface area contributed by atoms with Crippen LogP contribution in [0.4, 0.5) is 14.5 Å². The number of rotatable bonds is 3. The molecule has 3 N–H and O–H groups in total. The van der Waals surface area contributed by atoms with Gasteiger partial charge in [-0.15, -0.1) is 0 Å². The van der Waals surface area contributed by atoms with E-state index in [0.29, 0.717) is 9.79 Å². The summed E-state index contributed by atoms with van der Waals surface area (Å²) in [5.74, 6) is -3.00. The highest BCUT2D eigenvalue weighted by Crippen LogP contribution is 2.30. The van der Waals surface area contributed by atoms with E-state index in [1.807, 2.05) is 0 Å². The van der Waals surface area contributed by atoms with Crippen LogP contribution in [-0.4, -0.2) is 11.1 Å². The molecule has 0 saturated heterocycles. The zero-order valence-electron chi connectivity index (χ0n) is 9.56. The number of aromatic carboxylic acids is 1. The Bertz CT molecular complexity index is 647. The summed E-state index contributed by atoms with van der Waals surface area (Å²) in [5.41, 5.74) is 5.66. The van der Waals surface area contributed by atoms with E-state index in [1.54, 1.807) is 6.07 Å². The molecule has 2 aromatic carbocycles. The highest BCUT2D eigenvalue weighted by molar-refractivity contribution is 7.99. The summed E-state index contributed by atoms with van der Waals surface area (Å²) in [6.07, 6.45) is 0. The highest BCUT2D eigenvalue weighted by Gasteiger charge is 2.10. The molecule has 98 valence electrons. The van der Waals surface area contributed by atoms with E-state index in [1.165, 1.54) is 18.2 Å². The van der Waals surface area contributed by atoms with Crippen molar-refractivity contribution in [3.63, 3.8) is 0 Å². The molecule has 2 aromatic rings. The number of anilines is 1. The van der Waals surface area contributed by atoms with Gasteiger partial charge in [-0.25, -0.2) is 13.6 Å². The Morgan fingerprint density at radius 2 is 1.68 bits per heavy atom. The molecule has 6 heteroatoms. The van der Waals surface area contributed by atoms with Crippen LogP contribution in [0.2, 0.25) is 0 Å². The smallest absolute Gasteiger partial charge is 0.337 e. The molecule has 0 fully saturated rings. The SMILES string of the molecule is Nc1ccc(Sc2ccc(F)c(F)c2)cc1C(=O)O. The van der Waals surface area contributed by atoms with Gasteiger partial charge in [0.25, 0.3) is 0 Å². The Hall–Kier alpha value is -2.08. The monoisotopic (exact) mass is 281 g/mol. The highest BCUT2D eigenvalue weighted by atomic mass is 32.2. The molecule has 0 saturated carbocycles. The Balaban J connectivity index is 2.30. The Morgan fingerprint density at radius 1 is 1.05 bits per heavy atom. The van der Waals surface area contributed by atoms with E-state index in [4.69, 9.17) is 10.8 Å². The zero-order chi connectivity index (χ0) is 14.0. The van der Waals surface area contributed by atoms with Crippen LogP contribution in [0.15, 0.2) is 46.2 Å². The first-order valence-electron chi connectivity index (χ1n) is 5.23. The number of benzene rings is 2. The maximum absolute atomic E-state index is 13.1. The fraction of sp³-hybridized carbons (Fsp3) is 0. The molecular formula is C13H9F2NO2S. The van der Waals surface area contributed by atoms with Gasteiger partial charge in [-0.05, 0) is 36.4 Å². The molecule has 0 heterocycles. The van der Waals surface area contributed by atoms with E-state index in [2.05, 4.69) is 0 Å². The lowest BCUT2D eigenvalue weighted by Crippen LogP contribution is -2.02. The lowest BCUT2D eigenvalue weighted by molar-refractivity contribution is 0.0698. The van der Waals surface area contributed by atoms with E-state index < -0.39 is 17.6 Å². The summed E-state index contributed by atoms with van der Waals surface area (Å²) in [6, 6.07) is 7.96. The Labute approximate surface area is 112 Å². The van der Waals surface area contributed by atoms with Crippen LogP contribution in [0.3, 0.4) is 0 Å². The molecule has 0 aliphatic heterocycles. The minimum absolute atomic E-state index is 0.0208. The van der Waals surface area contributed by atoms with Crippen LogP contribution >= 0.6 is 11.8 Å². The number of nitrogen functional groups attached to an aromatic ring is 1. The molecule has 19 heavy (non-hydrogen) atoms. The number of carboxylic acid groups (broad SMARTS) is 1. The first-order valence-corrected chi connectivity index (χ1v) is 6.05. The van der Waals surface area contributed by atoms with Gasteiger partial charge in [0.05, 0.1) is 5.56 Å². The van der Waals surface area contributed by atoms with Gasteiger partial charge in [-0.1, -0.05) is 11.8 Å². The third-order valence-corrected chi connectivity index (χ3v) is 3.36. The fourth-order valence-corrected chi connectivity index (χ4v) is 2.34. The predicted octanol–water partition coefficient (Wildman–Crippen LogP) is 3.40. The summed E-state index contributed by atoms with van der Waals surface area (Å²) in [7, 11) is 0. The van der Waals surface area contributed by atoms with Crippen molar-refractivity contribution in [2.24, 2.45) is 0 Å². The van der Waals surface area contributed by atoms with Gasteiger partial charge in [-0.2, -0.15) is 0 Å². The van der Waals surface area contributed by atoms with Crippen molar-refractivity contribution in [3.05, 3.63) is 53.6 Å². The maximum Gasteiger partial charge on any atom is 0.337 e. The molecule has 0 aliphatic carbocycles. The van der Waals surface area contributed by atoms with Gasteiger partial charge in [0.2, 0.25) is 0 Å². The van der Waals surface area contributed by atoms with Crippen molar-refractivity contribution in [1.82, 2.24) is 0 Å². The average Bonchev–Trinajstić information content (AvgIpc) is 2.36. The van der Waals surface area contributed by atoms with Crippen molar-refractivity contribution < 1.29 is 18.7 Å². The number of hydrogen-bond donors (Lipinski definition) is 2. The van der Waals surface area contributed by atoms with Gasteiger partial charge in [0.15, 0.2) is 11.6 Å². The van der Waals surface area contributed by atoms with Crippen LogP contribution in [0.25, 0.3) is 0 Å². The van der Waals surface area contributed by atoms with Gasteiger partial charge >= 0.3 is 5.97 Å². The third kappa shape index (κ3) is 3.03. The standard InChI is InChI=1S/C13H9F2NO2S/c14-10-3-1-8(6-11(10)15)19-7-2-4-12(16)9(5-7)13(17)18/h1-6H,16H2,(H,17,18). The number of hydrogen-bond acceptors (Lipinski definition) is 3. The number of carbonyl (C=O) groups is 1. The van der Waals surface area contributed by atoms with E-state index in [0.717, 1.165) is 23.9 Å². The average molecular weight is 281 g/mol. The molecule has 0 bridgehead atoms. The first-order chi connectivity index (χ1) is 8.97. The summed E-state index contributed by atoms with van der Waals surface area (Å²) >= 11 is 1.13. The molecule has 0 aliphatic rings. The largest absolute Gasteiger partial charge is 0.478 e. The lowest BCUT2D eigenvalue weighted by Gasteiger charge is -2.05. The van der Waals surface area contributed by atoms with Gasteiger partial charge in [-0.3, -0.25) is 0 Å². The van der Waals surface area contributed by atoms with Gasteiger partial charge < -0.3 is 10.8 Å². The number of carboxylic acids is 1. The fourth-order valence-electron chi connectivity index (χ4n) is 1.46. The minimum atomic E-state index is -1.13. The number of halogens is 2. The molecule has 0 radical (unpaired) electrons. The molecule has 2 rings (SSSR count). The second-order valence-corrected chi connectivity index (χ2v) is 4.88. The molecule has 0 spiro atoms. The normalized spacial score (nSPS) is 10.4. The summed E-state index contributed by atoms with van der Waals surface area (Å²) in [6.45, 7) is 0. The van der Waals surface area contributed by atoms with Crippen molar-refractivity contribution in [2.75, 3.05) is 5.73 Å². The van der Waals surface area contributed by atoms with E-state index >= 15 is 0 Å². The minimum Gasteiger partial charge on any atom is -0.478 e. The Morgan fingerprint density at radius 3 is 2.32 bits per heavy atom. The summed E-state index contributed by atoms with van der Waals surface area (Å²) in [5, 5.41) is 8.94. The molecular weight excluding hydrogens is 272 g/mol. The quantitative estimate of drug-likeness (QED) is 0.846. The number of nitrogens with two attached hydrogens (primary N) is 1. The maximum atomic E-state index is 13.1. The van der Waals surface area contributed by atoms with Gasteiger partial charge in [0.1, 0.15) is 0 Å². The van der Waals surface area contributed by atoms with E-state index in [9.17, 15) is 13.6 Å². The molecule has 0 amide bonds. The van der Waals surface area contributed by atoms with Crippen LogP contribution in [-0.2, 0) is 0 Å². The second kappa shape index (κ2) is 5.27. The van der Waals surface area contributed by atoms with Crippen LogP contribution in [0.5, 0.6) is 0 Å². The lowest BCUT2D eigenvalue weighted by atomic mass is 10.2. The topological polar surface area (TPSA) is 63.3 Å². The van der Waals surface area contributed by atoms with E-state index in [-0.39, 0.29) is 11.3 Å². The summed E-state index contributed by atoms with van der Waals surface area (Å²) < 4.78 is 25.8. The van der Waals surface area contributed by atoms with Crippen LogP contribution in [0, 0.1) is 11.6 Å². The molecule has 0 atom stereocenters. The van der Waals surface area contributed by atoms with Crippen LogP contribution in [0.1, 0.15) is 10.4 Å². The second-order valence-electron chi connectivity index (χ2n) is 3.73. The molecule has 0 unspecified atom stereocenters. The van der Waals surface area contributed by atoms with Crippen molar-refractivity contribution in [1.29, 1.82) is 0 Å². The first kappa shape index (κ1) is 13.4. The predicted molar refractivity (Wildman–Crippen MR) is 68.3 cm³/mol.